The number of likely N-dealkylation sites (tertiary alicyclic amines) is 1. The number of hydrogen-bond donors (Lipinski definition) is 1. The summed E-state index contributed by atoms with van der Waals surface area (Å²) in [4.78, 5) is 19.6. The molecule has 2 heterocycles. The summed E-state index contributed by atoms with van der Waals surface area (Å²) < 4.78 is 14.1. The van der Waals surface area contributed by atoms with Gasteiger partial charge in [-0.15, -0.1) is 0 Å². The van der Waals surface area contributed by atoms with Crippen LogP contribution in [0.2, 0.25) is 0 Å². The van der Waals surface area contributed by atoms with E-state index in [4.69, 9.17) is 0 Å². The van der Waals surface area contributed by atoms with E-state index < -0.39 is 0 Å². The van der Waals surface area contributed by atoms with Crippen LogP contribution in [0.3, 0.4) is 0 Å². The zero-order valence-electron chi connectivity index (χ0n) is 17.2. The van der Waals surface area contributed by atoms with Gasteiger partial charge in [-0.25, -0.2) is 4.39 Å². The topological polar surface area (TPSA) is 45.2 Å². The maximum absolute atomic E-state index is 14.1. The molecule has 1 amide bonds. The number of pyridine rings is 1. The molecule has 0 atom stereocenters. The molecule has 1 aromatic heterocycles. The van der Waals surface area contributed by atoms with Crippen LogP contribution in [0.1, 0.15) is 46.3 Å². The molecule has 3 aromatic rings. The first-order chi connectivity index (χ1) is 13.9. The van der Waals surface area contributed by atoms with Gasteiger partial charge in [0.1, 0.15) is 5.82 Å². The third-order valence-electron chi connectivity index (χ3n) is 5.63. The van der Waals surface area contributed by atoms with Crippen molar-refractivity contribution in [2.75, 3.05) is 18.4 Å². The minimum Gasteiger partial charge on any atom is -0.354 e. The Hall–Kier alpha value is -2.95. The third-order valence-corrected chi connectivity index (χ3v) is 5.63. The number of fused-ring (bicyclic) bond motifs is 1. The summed E-state index contributed by atoms with van der Waals surface area (Å²) in [6, 6.07) is 8.71. The summed E-state index contributed by atoms with van der Waals surface area (Å²) in [6.45, 7) is 7.65. The largest absolute Gasteiger partial charge is 0.354 e. The van der Waals surface area contributed by atoms with Crippen LogP contribution < -0.4 is 5.32 Å². The zero-order valence-corrected chi connectivity index (χ0v) is 17.2. The summed E-state index contributed by atoms with van der Waals surface area (Å²) >= 11 is 0. The number of aryl methyl sites for hydroxylation is 3. The number of rotatable bonds is 3. The van der Waals surface area contributed by atoms with Crippen molar-refractivity contribution in [3.63, 3.8) is 0 Å². The highest BCUT2D eigenvalue weighted by molar-refractivity contribution is 6.08. The Morgan fingerprint density at radius 1 is 1.00 bits per heavy atom. The van der Waals surface area contributed by atoms with E-state index in [2.05, 4.69) is 29.4 Å². The van der Waals surface area contributed by atoms with Gasteiger partial charge in [0.2, 0.25) is 0 Å². The highest BCUT2D eigenvalue weighted by atomic mass is 19.1. The molecule has 5 heteroatoms. The van der Waals surface area contributed by atoms with E-state index in [9.17, 15) is 9.18 Å². The fourth-order valence-electron chi connectivity index (χ4n) is 4.23. The second-order valence-electron chi connectivity index (χ2n) is 7.96. The predicted octanol–water partition coefficient (Wildman–Crippen LogP) is 5.67. The average molecular weight is 391 g/mol. The number of aromatic nitrogens is 1. The molecular weight excluding hydrogens is 365 g/mol. The second kappa shape index (κ2) is 7.82. The van der Waals surface area contributed by atoms with E-state index in [-0.39, 0.29) is 11.7 Å². The van der Waals surface area contributed by atoms with E-state index in [0.717, 1.165) is 49.2 Å². The number of halogens is 1. The molecule has 0 bridgehead atoms. The predicted molar refractivity (Wildman–Crippen MR) is 115 cm³/mol. The number of anilines is 2. The molecule has 0 saturated carbocycles. The molecule has 29 heavy (non-hydrogen) atoms. The Kier molecular flexibility index (Phi) is 5.22. The number of nitrogens with zero attached hydrogens (tertiary/aromatic N) is 2. The lowest BCUT2D eigenvalue weighted by atomic mass is 10.0. The van der Waals surface area contributed by atoms with Crippen molar-refractivity contribution in [3.05, 3.63) is 64.6 Å². The molecule has 2 aromatic carbocycles. The number of benzene rings is 2. The van der Waals surface area contributed by atoms with Crippen molar-refractivity contribution in [1.29, 1.82) is 0 Å². The van der Waals surface area contributed by atoms with Gasteiger partial charge in [0.15, 0.2) is 0 Å². The molecular formula is C24H26FN3O. The van der Waals surface area contributed by atoms with E-state index >= 15 is 0 Å². The van der Waals surface area contributed by atoms with Crippen molar-refractivity contribution in [1.82, 2.24) is 9.88 Å². The number of nitrogens with one attached hydrogen (secondary N) is 1. The molecule has 4 nitrogen and oxygen atoms in total. The standard InChI is InChI=1S/C24H26FN3O/c1-15-11-16(2)22(17(3)12-15)27-23-19-13-18(25)7-8-21(19)26-14-20(23)24(29)28-9-5-4-6-10-28/h7-8,11-14H,4-6,9-10H2,1-3H3,(H,26,27). The van der Waals surface area contributed by atoms with Gasteiger partial charge < -0.3 is 10.2 Å². The lowest BCUT2D eigenvalue weighted by Gasteiger charge is -2.28. The smallest absolute Gasteiger partial charge is 0.257 e. The number of amides is 1. The molecule has 4 rings (SSSR count). The van der Waals surface area contributed by atoms with Gasteiger partial charge in [-0.05, 0) is 69.4 Å². The summed E-state index contributed by atoms with van der Waals surface area (Å²) in [6.07, 6.45) is 4.80. The Labute approximate surface area is 170 Å². The van der Waals surface area contributed by atoms with Crippen LogP contribution in [0.5, 0.6) is 0 Å². The second-order valence-corrected chi connectivity index (χ2v) is 7.96. The van der Waals surface area contributed by atoms with Gasteiger partial charge in [-0.3, -0.25) is 9.78 Å². The van der Waals surface area contributed by atoms with Gasteiger partial charge in [-0.1, -0.05) is 17.7 Å². The minimum atomic E-state index is -0.345. The van der Waals surface area contributed by atoms with Gasteiger partial charge in [0, 0.05) is 30.4 Å². The molecule has 1 saturated heterocycles. The first-order valence-corrected chi connectivity index (χ1v) is 10.2. The first-order valence-electron chi connectivity index (χ1n) is 10.2. The average Bonchev–Trinajstić information content (AvgIpc) is 2.70. The normalized spacial score (nSPS) is 14.3. The van der Waals surface area contributed by atoms with E-state index in [1.54, 1.807) is 12.3 Å². The zero-order chi connectivity index (χ0) is 20.5. The summed E-state index contributed by atoms with van der Waals surface area (Å²) in [5, 5.41) is 4.09. The maximum Gasteiger partial charge on any atom is 0.257 e. The molecule has 1 aliphatic heterocycles. The molecule has 150 valence electrons. The molecule has 0 spiro atoms. The molecule has 0 unspecified atom stereocenters. The number of carbonyl (C=O) groups excluding carboxylic acids is 1. The number of piperidine rings is 1. The van der Waals surface area contributed by atoms with Crippen LogP contribution >= 0.6 is 0 Å². The van der Waals surface area contributed by atoms with Crippen molar-refractivity contribution < 1.29 is 9.18 Å². The van der Waals surface area contributed by atoms with Gasteiger partial charge >= 0.3 is 0 Å². The van der Waals surface area contributed by atoms with Crippen LogP contribution in [0.15, 0.2) is 36.5 Å². The SMILES string of the molecule is Cc1cc(C)c(Nc2c(C(=O)N3CCCCC3)cnc3ccc(F)cc23)c(C)c1. The molecule has 0 aliphatic carbocycles. The fourth-order valence-corrected chi connectivity index (χ4v) is 4.23. The van der Waals surface area contributed by atoms with Crippen molar-refractivity contribution >= 4 is 28.2 Å². The summed E-state index contributed by atoms with van der Waals surface area (Å²) in [5.41, 5.74) is 6.07. The van der Waals surface area contributed by atoms with Gasteiger partial charge in [-0.2, -0.15) is 0 Å². The minimum absolute atomic E-state index is 0.0479. The number of hydrogen-bond acceptors (Lipinski definition) is 3. The lowest BCUT2D eigenvalue weighted by molar-refractivity contribution is 0.0725. The van der Waals surface area contributed by atoms with Crippen LogP contribution in [0, 0.1) is 26.6 Å². The monoisotopic (exact) mass is 391 g/mol. The third kappa shape index (κ3) is 3.82. The van der Waals surface area contributed by atoms with E-state index in [1.165, 1.54) is 17.7 Å². The summed E-state index contributed by atoms with van der Waals surface area (Å²) in [7, 11) is 0. The Balaban J connectivity index is 1.87. The van der Waals surface area contributed by atoms with Gasteiger partial charge in [0.25, 0.3) is 5.91 Å². The Morgan fingerprint density at radius 3 is 2.38 bits per heavy atom. The van der Waals surface area contributed by atoms with Crippen LogP contribution in [-0.4, -0.2) is 28.9 Å². The lowest BCUT2D eigenvalue weighted by Crippen LogP contribution is -2.36. The van der Waals surface area contributed by atoms with Crippen LogP contribution in [-0.2, 0) is 0 Å². The molecule has 1 fully saturated rings. The van der Waals surface area contributed by atoms with E-state index in [1.807, 2.05) is 18.7 Å². The highest BCUT2D eigenvalue weighted by Crippen LogP contribution is 2.34. The first kappa shape index (κ1) is 19.4. The fraction of sp³-hybridized carbons (Fsp3) is 0.333. The highest BCUT2D eigenvalue weighted by Gasteiger charge is 2.23. The van der Waals surface area contributed by atoms with Crippen molar-refractivity contribution in [2.24, 2.45) is 0 Å². The number of carbonyl (C=O) groups is 1. The van der Waals surface area contributed by atoms with Gasteiger partial charge in [0.05, 0.1) is 16.8 Å². The van der Waals surface area contributed by atoms with Crippen LogP contribution in [0.4, 0.5) is 15.8 Å². The maximum atomic E-state index is 14.1. The quantitative estimate of drug-likeness (QED) is 0.626. The van der Waals surface area contributed by atoms with E-state index in [0.29, 0.717) is 22.2 Å². The molecule has 1 N–H and O–H groups in total. The molecule has 1 aliphatic rings. The summed E-state index contributed by atoms with van der Waals surface area (Å²) in [5.74, 6) is -0.393. The Morgan fingerprint density at radius 2 is 1.69 bits per heavy atom. The van der Waals surface area contributed by atoms with Crippen molar-refractivity contribution in [3.8, 4) is 0 Å². The van der Waals surface area contributed by atoms with Crippen LogP contribution in [0.25, 0.3) is 10.9 Å². The Bertz CT molecular complexity index is 1060. The molecule has 0 radical (unpaired) electrons. The van der Waals surface area contributed by atoms with Crippen molar-refractivity contribution in [2.45, 2.75) is 40.0 Å².